The summed E-state index contributed by atoms with van der Waals surface area (Å²) in [6.07, 6.45) is 3.81. The molecule has 3 aromatic heterocycles. The molecule has 0 N–H and O–H groups in total. The number of imidazole rings is 1. The normalized spacial score (nSPS) is 11.7. The zero-order chi connectivity index (χ0) is 34.1. The average Bonchev–Trinajstić information content (AvgIpc) is 3.58. The Balaban J connectivity index is 1.18. The van der Waals surface area contributed by atoms with Crippen molar-refractivity contribution in [3.05, 3.63) is 176 Å². The van der Waals surface area contributed by atoms with Gasteiger partial charge in [0.15, 0.2) is 0 Å². The molecule has 238 valence electrons. The fraction of sp³-hybridized carbons (Fsp3) is 0. The van der Waals surface area contributed by atoms with E-state index in [1.165, 1.54) is 43.4 Å². The molecule has 7 aromatic carbocycles. The SMILES string of the molecule is C=Cc1c(C=C)n2c3ccc(-c4cccc(-c5c6ccccc6c(-c6ccc7ccccc7c6)c6ccccc56)n4)cc3nc2c2ccccc12. The second kappa shape index (κ2) is 11.4. The van der Waals surface area contributed by atoms with Crippen molar-refractivity contribution in [2.75, 3.05) is 0 Å². The lowest BCUT2D eigenvalue weighted by Crippen LogP contribution is -1.97. The van der Waals surface area contributed by atoms with Crippen LogP contribution < -0.4 is 0 Å². The molecular formula is C48H31N3. The van der Waals surface area contributed by atoms with E-state index in [-0.39, 0.29) is 0 Å². The minimum atomic E-state index is 0.902. The fourth-order valence-electron chi connectivity index (χ4n) is 8.05. The average molecular weight is 650 g/mol. The van der Waals surface area contributed by atoms with Gasteiger partial charge in [-0.05, 0) is 85.2 Å². The number of nitrogens with zero attached hydrogens (tertiary/aromatic N) is 3. The van der Waals surface area contributed by atoms with Gasteiger partial charge in [-0.1, -0.05) is 141 Å². The largest absolute Gasteiger partial charge is 0.292 e. The maximum atomic E-state index is 5.36. The summed E-state index contributed by atoms with van der Waals surface area (Å²) in [5.41, 5.74) is 11.3. The highest BCUT2D eigenvalue weighted by Crippen LogP contribution is 2.44. The molecule has 0 fully saturated rings. The molecular weight excluding hydrogens is 619 g/mol. The van der Waals surface area contributed by atoms with Gasteiger partial charge in [-0.25, -0.2) is 9.97 Å². The Morgan fingerprint density at radius 2 is 1.06 bits per heavy atom. The monoisotopic (exact) mass is 649 g/mol. The van der Waals surface area contributed by atoms with E-state index in [1.54, 1.807) is 0 Å². The highest BCUT2D eigenvalue weighted by Gasteiger charge is 2.19. The number of pyridine rings is 2. The van der Waals surface area contributed by atoms with E-state index in [0.29, 0.717) is 0 Å². The van der Waals surface area contributed by atoms with E-state index in [9.17, 15) is 0 Å². The minimum absolute atomic E-state index is 0.902. The van der Waals surface area contributed by atoms with Crippen molar-refractivity contribution in [1.82, 2.24) is 14.4 Å². The first-order valence-corrected chi connectivity index (χ1v) is 17.2. The number of fused-ring (bicyclic) bond motifs is 8. The second-order valence-corrected chi connectivity index (χ2v) is 13.0. The number of hydrogen-bond donors (Lipinski definition) is 0. The maximum absolute atomic E-state index is 5.36. The van der Waals surface area contributed by atoms with Gasteiger partial charge in [-0.2, -0.15) is 0 Å². The smallest absolute Gasteiger partial charge is 0.146 e. The van der Waals surface area contributed by atoms with E-state index in [4.69, 9.17) is 9.97 Å². The van der Waals surface area contributed by atoms with E-state index in [0.717, 1.165) is 61.2 Å². The van der Waals surface area contributed by atoms with Gasteiger partial charge in [-0.3, -0.25) is 4.40 Å². The summed E-state index contributed by atoms with van der Waals surface area (Å²) in [5.74, 6) is 0. The van der Waals surface area contributed by atoms with E-state index < -0.39 is 0 Å². The van der Waals surface area contributed by atoms with Gasteiger partial charge in [0, 0.05) is 22.1 Å². The standard InChI is InChI=1S/C48H31N3/c1-3-34-35-16-7-12-21-40(35)48-50-43-29-32(26-27-45(43)51(48)44(34)4-2)41-22-13-23-42(49-41)47-38-19-10-8-17-36(38)46(37-18-9-11-20-39(37)47)33-25-24-30-14-5-6-15-31(30)28-33/h3-29H,1-2H2. The molecule has 0 amide bonds. The van der Waals surface area contributed by atoms with Gasteiger partial charge >= 0.3 is 0 Å². The molecule has 0 spiro atoms. The molecule has 0 aliphatic heterocycles. The van der Waals surface area contributed by atoms with Gasteiger partial charge in [-0.15, -0.1) is 0 Å². The lowest BCUT2D eigenvalue weighted by Gasteiger charge is -2.18. The molecule has 0 bridgehead atoms. The minimum Gasteiger partial charge on any atom is -0.292 e. The molecule has 0 aliphatic carbocycles. The molecule has 3 nitrogen and oxygen atoms in total. The number of benzene rings is 7. The van der Waals surface area contributed by atoms with Crippen LogP contribution in [0.2, 0.25) is 0 Å². The molecule has 0 unspecified atom stereocenters. The molecule has 3 heterocycles. The summed E-state index contributed by atoms with van der Waals surface area (Å²) in [7, 11) is 0. The molecule has 51 heavy (non-hydrogen) atoms. The van der Waals surface area contributed by atoms with Crippen molar-refractivity contribution in [3.63, 3.8) is 0 Å². The van der Waals surface area contributed by atoms with Crippen LogP contribution in [0.15, 0.2) is 165 Å². The molecule has 10 rings (SSSR count). The quantitative estimate of drug-likeness (QED) is 0.174. The first-order chi connectivity index (χ1) is 25.2. The second-order valence-electron chi connectivity index (χ2n) is 13.0. The van der Waals surface area contributed by atoms with E-state index in [1.807, 2.05) is 12.2 Å². The van der Waals surface area contributed by atoms with Crippen LogP contribution in [0.1, 0.15) is 11.3 Å². The van der Waals surface area contributed by atoms with Crippen molar-refractivity contribution in [1.29, 1.82) is 0 Å². The summed E-state index contributed by atoms with van der Waals surface area (Å²) >= 11 is 0. The third-order valence-electron chi connectivity index (χ3n) is 10.3. The Hall–Kier alpha value is -6.84. The van der Waals surface area contributed by atoms with Crippen molar-refractivity contribution >= 4 is 71.9 Å². The van der Waals surface area contributed by atoms with Crippen LogP contribution in [0.3, 0.4) is 0 Å². The number of rotatable bonds is 5. The van der Waals surface area contributed by atoms with Crippen LogP contribution >= 0.6 is 0 Å². The van der Waals surface area contributed by atoms with Gasteiger partial charge < -0.3 is 0 Å². The van der Waals surface area contributed by atoms with Crippen LogP contribution in [-0.2, 0) is 0 Å². The predicted molar refractivity (Wildman–Crippen MR) is 217 cm³/mol. The Morgan fingerprint density at radius 1 is 0.451 bits per heavy atom. The predicted octanol–water partition coefficient (Wildman–Crippen LogP) is 12.8. The van der Waals surface area contributed by atoms with Crippen LogP contribution in [0.4, 0.5) is 0 Å². The van der Waals surface area contributed by atoms with Gasteiger partial charge in [0.1, 0.15) is 5.65 Å². The lowest BCUT2D eigenvalue weighted by molar-refractivity contribution is 1.21. The fourth-order valence-corrected chi connectivity index (χ4v) is 8.05. The van der Waals surface area contributed by atoms with E-state index in [2.05, 4.69) is 169 Å². The van der Waals surface area contributed by atoms with Gasteiger partial charge in [0.05, 0.1) is 28.1 Å². The molecule has 3 heteroatoms. The Morgan fingerprint density at radius 3 is 1.76 bits per heavy atom. The summed E-state index contributed by atoms with van der Waals surface area (Å²) in [5, 5.41) is 9.47. The van der Waals surface area contributed by atoms with Crippen molar-refractivity contribution < 1.29 is 0 Å². The van der Waals surface area contributed by atoms with Crippen LogP contribution in [-0.4, -0.2) is 14.4 Å². The molecule has 0 aliphatic rings. The molecule has 0 saturated carbocycles. The number of aromatic nitrogens is 3. The highest BCUT2D eigenvalue weighted by atomic mass is 15.0. The Bertz CT molecular complexity index is 3020. The zero-order valence-corrected chi connectivity index (χ0v) is 27.8. The summed E-state index contributed by atoms with van der Waals surface area (Å²) in [6.45, 7) is 8.28. The number of hydrogen-bond acceptors (Lipinski definition) is 2. The van der Waals surface area contributed by atoms with Gasteiger partial charge in [0.2, 0.25) is 0 Å². The summed E-state index contributed by atoms with van der Waals surface area (Å²) in [6, 6.07) is 54.0. The third-order valence-corrected chi connectivity index (χ3v) is 10.3. The first kappa shape index (κ1) is 29.1. The molecule has 0 atom stereocenters. The molecule has 10 aromatic rings. The van der Waals surface area contributed by atoms with Crippen molar-refractivity contribution in [2.24, 2.45) is 0 Å². The summed E-state index contributed by atoms with van der Waals surface area (Å²) < 4.78 is 2.20. The molecule has 0 radical (unpaired) electrons. The molecule has 0 saturated heterocycles. The van der Waals surface area contributed by atoms with Gasteiger partial charge in [0.25, 0.3) is 0 Å². The van der Waals surface area contributed by atoms with E-state index >= 15 is 0 Å². The Kier molecular flexibility index (Phi) is 6.49. The van der Waals surface area contributed by atoms with Crippen LogP contribution in [0.5, 0.6) is 0 Å². The van der Waals surface area contributed by atoms with Crippen molar-refractivity contribution in [3.8, 4) is 33.6 Å². The topological polar surface area (TPSA) is 30.2 Å². The van der Waals surface area contributed by atoms with Crippen LogP contribution in [0, 0.1) is 0 Å². The Labute approximate surface area is 295 Å². The third kappa shape index (κ3) is 4.38. The highest BCUT2D eigenvalue weighted by molar-refractivity contribution is 6.21. The zero-order valence-electron chi connectivity index (χ0n) is 27.8. The first-order valence-electron chi connectivity index (χ1n) is 17.2. The maximum Gasteiger partial charge on any atom is 0.146 e. The summed E-state index contributed by atoms with van der Waals surface area (Å²) in [4.78, 5) is 10.6. The lowest BCUT2D eigenvalue weighted by atomic mass is 9.86. The van der Waals surface area contributed by atoms with Crippen LogP contribution in [0.25, 0.3) is 106 Å². The van der Waals surface area contributed by atoms with Crippen molar-refractivity contribution in [2.45, 2.75) is 0 Å².